The number of carbonyl (C=O) groups is 1. The Bertz CT molecular complexity index is 1570. The third kappa shape index (κ3) is 6.03. The number of pyridine rings is 1. The fourth-order valence-corrected chi connectivity index (χ4v) is 4.55. The first-order chi connectivity index (χ1) is 19.0. The van der Waals surface area contributed by atoms with Gasteiger partial charge in [-0.3, -0.25) is 9.20 Å². The lowest BCUT2D eigenvalue weighted by Crippen LogP contribution is -2.15. The fourth-order valence-electron chi connectivity index (χ4n) is 4.55. The molecule has 2 heterocycles. The van der Waals surface area contributed by atoms with E-state index < -0.39 is 31.1 Å². The van der Waals surface area contributed by atoms with Gasteiger partial charge in [0, 0.05) is 42.1 Å². The van der Waals surface area contributed by atoms with Crippen LogP contribution in [-0.4, -0.2) is 41.2 Å². The van der Waals surface area contributed by atoms with Crippen LogP contribution in [0.5, 0.6) is 17.2 Å². The highest BCUT2D eigenvalue weighted by Crippen LogP contribution is 2.38. The number of hydrogen-bond donors (Lipinski definition) is 1. The van der Waals surface area contributed by atoms with Gasteiger partial charge < -0.3 is 14.8 Å². The number of hydrogen-bond acceptors (Lipinski definition) is 5. The second-order valence-electron chi connectivity index (χ2n) is 9.79. The Morgan fingerprint density at radius 2 is 1.93 bits per heavy atom. The van der Waals surface area contributed by atoms with Crippen LogP contribution in [0.2, 0.25) is 0 Å². The van der Waals surface area contributed by atoms with Crippen molar-refractivity contribution in [2.45, 2.75) is 38.5 Å². The van der Waals surface area contributed by atoms with E-state index in [4.69, 9.17) is 9.47 Å². The lowest BCUT2D eigenvalue weighted by atomic mass is 9.98. The first kappa shape index (κ1) is 27.4. The third-order valence-corrected chi connectivity index (χ3v) is 6.77. The Labute approximate surface area is 226 Å². The molecule has 1 N–H and O–H groups in total. The van der Waals surface area contributed by atoms with Gasteiger partial charge in [-0.25, -0.2) is 13.8 Å². The number of Topliss-reactive ketones (excluding diaryl/α,β-unsaturated/α-hetero) is 1. The maximum absolute atomic E-state index is 14.2. The summed E-state index contributed by atoms with van der Waals surface area (Å²) in [4.78, 5) is 17.1. The molecule has 1 saturated carbocycles. The van der Waals surface area contributed by atoms with Gasteiger partial charge in [0.15, 0.2) is 23.0 Å². The number of halogens is 5. The van der Waals surface area contributed by atoms with Crippen LogP contribution in [0.25, 0.3) is 16.9 Å². The summed E-state index contributed by atoms with van der Waals surface area (Å²) in [5.74, 6) is -0.558. The Hall–Kier alpha value is -4.15. The maximum Gasteiger partial charge on any atom is 0.390 e. The normalized spacial score (nSPS) is 16.7. The molecule has 2 atom stereocenters. The summed E-state index contributed by atoms with van der Waals surface area (Å²) in [6.07, 6.45) is -2.58. The molecule has 0 radical (unpaired) electrons. The summed E-state index contributed by atoms with van der Waals surface area (Å²) in [6.45, 7) is 1.40. The van der Waals surface area contributed by atoms with E-state index in [0.717, 1.165) is 6.07 Å². The Morgan fingerprint density at radius 3 is 2.58 bits per heavy atom. The fraction of sp³-hybridized carbons (Fsp3) is 0.310. The molecule has 1 aliphatic rings. The van der Waals surface area contributed by atoms with Gasteiger partial charge in [-0.15, -0.1) is 0 Å². The summed E-state index contributed by atoms with van der Waals surface area (Å²) in [7, 11) is 1.34. The number of aryl methyl sites for hydroxylation is 1. The topological polar surface area (TPSA) is 64.9 Å². The predicted molar refractivity (Wildman–Crippen MR) is 140 cm³/mol. The zero-order chi connectivity index (χ0) is 28.6. The van der Waals surface area contributed by atoms with Gasteiger partial charge in [0.25, 0.3) is 0 Å². The molecule has 11 heteroatoms. The van der Waals surface area contributed by atoms with Gasteiger partial charge in [0.1, 0.15) is 17.7 Å². The number of rotatable bonds is 10. The molecule has 0 aliphatic heterocycles. The van der Waals surface area contributed by atoms with Crippen LogP contribution in [0.4, 0.5) is 27.6 Å². The number of fused-ring (bicyclic) bond motifs is 1. The number of imidazole rings is 1. The minimum Gasteiger partial charge on any atom is -0.494 e. The molecule has 0 saturated heterocycles. The van der Waals surface area contributed by atoms with Crippen LogP contribution in [0.15, 0.2) is 54.9 Å². The van der Waals surface area contributed by atoms with Crippen LogP contribution in [0.3, 0.4) is 0 Å². The molecule has 2 aromatic heterocycles. The average molecular weight is 560 g/mol. The van der Waals surface area contributed by atoms with Crippen LogP contribution >= 0.6 is 0 Å². The summed E-state index contributed by atoms with van der Waals surface area (Å²) in [5, 5.41) is 2.78. The molecule has 6 nitrogen and oxygen atoms in total. The summed E-state index contributed by atoms with van der Waals surface area (Å²) < 4.78 is 78.4. The van der Waals surface area contributed by atoms with E-state index in [2.05, 4.69) is 10.3 Å². The van der Waals surface area contributed by atoms with E-state index in [1.165, 1.54) is 25.3 Å². The molecule has 1 aliphatic carbocycles. The van der Waals surface area contributed by atoms with Crippen LogP contribution < -0.4 is 14.8 Å². The average Bonchev–Trinajstić information content (AvgIpc) is 3.40. The number of ether oxygens (including phenoxy) is 2. The second-order valence-corrected chi connectivity index (χ2v) is 9.79. The largest absolute Gasteiger partial charge is 0.494 e. The van der Waals surface area contributed by atoms with Crippen molar-refractivity contribution in [1.82, 2.24) is 9.38 Å². The first-order valence-electron chi connectivity index (χ1n) is 12.6. The highest BCUT2D eigenvalue weighted by atomic mass is 19.4. The number of benzene rings is 2. The third-order valence-electron chi connectivity index (χ3n) is 6.77. The van der Waals surface area contributed by atoms with Gasteiger partial charge in [0.2, 0.25) is 0 Å². The number of anilines is 1. The van der Waals surface area contributed by atoms with Crippen molar-refractivity contribution >= 4 is 17.1 Å². The quantitative estimate of drug-likeness (QED) is 0.161. The van der Waals surface area contributed by atoms with Crippen molar-refractivity contribution in [2.24, 2.45) is 5.92 Å². The molecular weight excluding hydrogens is 533 g/mol. The zero-order valence-electron chi connectivity index (χ0n) is 21.7. The van der Waals surface area contributed by atoms with Crippen molar-refractivity contribution in [3.05, 3.63) is 71.8 Å². The predicted octanol–water partition coefficient (Wildman–Crippen LogP) is 7.54. The molecule has 210 valence electrons. The van der Waals surface area contributed by atoms with Gasteiger partial charge in [0.05, 0.1) is 37.3 Å². The standard InChI is InChI=1S/C29H26F5N3O3/c1-16-9-17(3-5-21(16)26(38)11-18-10-22(18)30)25-14-36-28-24(35-8-7-29(32,33)34)13-20(15-37(25)28)40-19-4-6-27(39-2)23(31)12-19/h3-6,9,12-15,18,22,35H,7-8,10-11H2,1-2H3/t18-,22+/m1/s1. The van der Waals surface area contributed by atoms with Crippen molar-refractivity contribution in [3.8, 4) is 28.5 Å². The SMILES string of the molecule is COc1ccc(Oc2cc(NCCC(F)(F)F)c3ncc(-c4ccc(C(=O)C[C@H]5C[C@@H]5F)c(C)c4)n3c2)cc1F. The van der Waals surface area contributed by atoms with Crippen molar-refractivity contribution in [1.29, 1.82) is 0 Å². The summed E-state index contributed by atoms with van der Waals surface area (Å²) in [5.41, 5.74) is 3.15. The number of carbonyl (C=O) groups excluding carboxylic acids is 1. The van der Waals surface area contributed by atoms with Crippen LogP contribution in [0, 0.1) is 18.7 Å². The molecule has 0 unspecified atom stereocenters. The summed E-state index contributed by atoms with van der Waals surface area (Å²) in [6, 6.07) is 10.8. The van der Waals surface area contributed by atoms with E-state index in [1.807, 2.05) is 0 Å². The number of alkyl halides is 4. The monoisotopic (exact) mass is 559 g/mol. The van der Waals surface area contributed by atoms with E-state index >= 15 is 0 Å². The van der Waals surface area contributed by atoms with Crippen molar-refractivity contribution < 1.29 is 36.2 Å². The van der Waals surface area contributed by atoms with Gasteiger partial charge in [-0.1, -0.05) is 12.1 Å². The minimum absolute atomic E-state index is 0.0353. The van der Waals surface area contributed by atoms with E-state index in [0.29, 0.717) is 34.5 Å². The number of nitrogens with one attached hydrogen (secondary N) is 1. The molecule has 40 heavy (non-hydrogen) atoms. The maximum atomic E-state index is 14.2. The molecular formula is C29H26F5N3O3. The molecule has 0 spiro atoms. The number of aromatic nitrogens is 2. The first-order valence-corrected chi connectivity index (χ1v) is 12.6. The van der Waals surface area contributed by atoms with E-state index in [1.54, 1.807) is 41.9 Å². The minimum atomic E-state index is -4.35. The lowest BCUT2D eigenvalue weighted by Gasteiger charge is -2.14. The molecule has 5 rings (SSSR count). The lowest BCUT2D eigenvalue weighted by molar-refractivity contribution is -0.131. The van der Waals surface area contributed by atoms with Gasteiger partial charge in [-0.2, -0.15) is 13.2 Å². The Balaban J connectivity index is 1.49. The van der Waals surface area contributed by atoms with Crippen LogP contribution in [-0.2, 0) is 0 Å². The molecule has 0 bridgehead atoms. The number of nitrogens with zero attached hydrogens (tertiary/aromatic N) is 2. The van der Waals surface area contributed by atoms with Crippen molar-refractivity contribution in [3.63, 3.8) is 0 Å². The molecule has 1 fully saturated rings. The van der Waals surface area contributed by atoms with E-state index in [9.17, 15) is 26.7 Å². The number of ketones is 1. The second kappa shape index (κ2) is 10.8. The van der Waals surface area contributed by atoms with Crippen molar-refractivity contribution in [2.75, 3.05) is 19.0 Å². The molecule has 4 aromatic rings. The van der Waals surface area contributed by atoms with Gasteiger partial charge in [-0.05, 0) is 37.1 Å². The molecule has 2 aromatic carbocycles. The zero-order valence-corrected chi connectivity index (χ0v) is 21.7. The van der Waals surface area contributed by atoms with Crippen LogP contribution in [0.1, 0.15) is 35.2 Å². The van der Waals surface area contributed by atoms with E-state index in [-0.39, 0.29) is 41.1 Å². The highest BCUT2D eigenvalue weighted by Gasteiger charge is 2.39. The Kier molecular flexibility index (Phi) is 7.39. The highest BCUT2D eigenvalue weighted by molar-refractivity contribution is 5.98. The Morgan fingerprint density at radius 1 is 1.15 bits per heavy atom. The van der Waals surface area contributed by atoms with Gasteiger partial charge >= 0.3 is 6.18 Å². The number of methoxy groups -OCH3 is 1. The molecule has 0 amide bonds. The summed E-state index contributed by atoms with van der Waals surface area (Å²) >= 11 is 0. The smallest absolute Gasteiger partial charge is 0.390 e.